The molecule has 1 saturated heterocycles. The molecule has 0 aliphatic carbocycles. The predicted octanol–water partition coefficient (Wildman–Crippen LogP) is 2.04. The van der Waals surface area contributed by atoms with Gasteiger partial charge in [0.05, 0.1) is 11.5 Å². The Balaban J connectivity index is 1.91. The van der Waals surface area contributed by atoms with Crippen LogP contribution >= 0.6 is 0 Å². The van der Waals surface area contributed by atoms with Crippen molar-refractivity contribution in [3.63, 3.8) is 0 Å². The van der Waals surface area contributed by atoms with Crippen molar-refractivity contribution >= 4 is 21.8 Å². The average Bonchev–Trinajstić information content (AvgIpc) is 2.40. The Morgan fingerprint density at radius 3 is 2.62 bits per heavy atom. The van der Waals surface area contributed by atoms with Crippen molar-refractivity contribution in [1.29, 1.82) is 0 Å². The number of nitrogens with zero attached hydrogens (tertiary/aromatic N) is 1. The summed E-state index contributed by atoms with van der Waals surface area (Å²) in [5.74, 6) is 0.131. The van der Waals surface area contributed by atoms with Gasteiger partial charge in [0.1, 0.15) is 0 Å². The smallest absolute Gasteiger partial charge is 0.226 e. The molecule has 0 N–H and O–H groups in total. The lowest BCUT2D eigenvalue weighted by Crippen LogP contribution is -2.49. The van der Waals surface area contributed by atoms with Gasteiger partial charge in [-0.25, -0.2) is 8.42 Å². The summed E-state index contributed by atoms with van der Waals surface area (Å²) in [5.41, 5.74) is 2.26. The minimum atomic E-state index is -2.98. The molecule has 0 radical (unpaired) electrons. The summed E-state index contributed by atoms with van der Waals surface area (Å²) >= 11 is 0. The molecule has 1 amide bonds. The van der Waals surface area contributed by atoms with E-state index in [9.17, 15) is 13.2 Å². The van der Waals surface area contributed by atoms with Gasteiger partial charge < -0.3 is 4.90 Å². The second-order valence-electron chi connectivity index (χ2n) is 5.57. The zero-order valence-electron chi connectivity index (χ0n) is 12.5. The van der Waals surface area contributed by atoms with Crippen LogP contribution in [0.25, 0.3) is 6.08 Å². The number of carbonyl (C=O) groups is 1. The molecule has 21 heavy (non-hydrogen) atoms. The zero-order valence-corrected chi connectivity index (χ0v) is 13.3. The second-order valence-corrected chi connectivity index (χ2v) is 7.80. The lowest BCUT2D eigenvalue weighted by molar-refractivity contribution is -0.131. The molecular formula is C16H21NO3S. The van der Waals surface area contributed by atoms with E-state index in [1.807, 2.05) is 43.3 Å². The van der Waals surface area contributed by atoms with Crippen LogP contribution in [-0.4, -0.2) is 43.3 Å². The molecule has 1 aromatic carbocycles. The third-order valence-electron chi connectivity index (χ3n) is 3.67. The number of aryl methyl sites for hydroxylation is 1. The van der Waals surface area contributed by atoms with Crippen LogP contribution in [0, 0.1) is 6.92 Å². The lowest BCUT2D eigenvalue weighted by Gasteiger charge is -2.33. The molecule has 1 aliphatic heterocycles. The Hall–Kier alpha value is -1.62. The van der Waals surface area contributed by atoms with E-state index < -0.39 is 9.84 Å². The Morgan fingerprint density at radius 1 is 1.33 bits per heavy atom. The predicted molar refractivity (Wildman–Crippen MR) is 84.7 cm³/mol. The minimum absolute atomic E-state index is 0.0132. The molecule has 1 aromatic rings. The third kappa shape index (κ3) is 4.43. The van der Waals surface area contributed by atoms with Crippen molar-refractivity contribution in [2.45, 2.75) is 26.3 Å². The highest BCUT2D eigenvalue weighted by Crippen LogP contribution is 2.13. The van der Waals surface area contributed by atoms with Gasteiger partial charge in [-0.3, -0.25) is 4.79 Å². The van der Waals surface area contributed by atoms with Crippen molar-refractivity contribution in [2.24, 2.45) is 0 Å². The average molecular weight is 307 g/mol. The van der Waals surface area contributed by atoms with Crippen LogP contribution in [0.2, 0.25) is 0 Å². The molecule has 0 spiro atoms. The molecule has 2 rings (SSSR count). The molecule has 1 heterocycles. The summed E-state index contributed by atoms with van der Waals surface area (Å²) < 4.78 is 23.0. The molecule has 4 nitrogen and oxygen atoms in total. The number of rotatable bonds is 3. The maximum absolute atomic E-state index is 12.1. The first-order chi connectivity index (χ1) is 9.87. The van der Waals surface area contributed by atoms with Crippen LogP contribution in [0.1, 0.15) is 24.5 Å². The van der Waals surface area contributed by atoms with Gasteiger partial charge in [-0.1, -0.05) is 42.0 Å². The van der Waals surface area contributed by atoms with E-state index in [2.05, 4.69) is 0 Å². The van der Waals surface area contributed by atoms with Gasteiger partial charge >= 0.3 is 0 Å². The fraction of sp³-hybridized carbons (Fsp3) is 0.438. The maximum Gasteiger partial charge on any atom is 0.226 e. The monoisotopic (exact) mass is 307 g/mol. The largest absolute Gasteiger partial charge is 0.338 e. The highest BCUT2D eigenvalue weighted by atomic mass is 32.2. The molecule has 0 saturated carbocycles. The third-order valence-corrected chi connectivity index (χ3v) is 5.47. The van der Waals surface area contributed by atoms with Crippen LogP contribution < -0.4 is 0 Å². The van der Waals surface area contributed by atoms with Gasteiger partial charge in [0.2, 0.25) is 5.91 Å². The highest BCUT2D eigenvalue weighted by molar-refractivity contribution is 7.91. The molecule has 1 unspecified atom stereocenters. The molecular weight excluding hydrogens is 286 g/mol. The Morgan fingerprint density at radius 2 is 2.00 bits per heavy atom. The molecule has 1 aliphatic rings. The molecule has 0 aromatic heterocycles. The van der Waals surface area contributed by atoms with Crippen LogP contribution in [0.15, 0.2) is 30.3 Å². The van der Waals surface area contributed by atoms with Gasteiger partial charge in [-0.15, -0.1) is 0 Å². The maximum atomic E-state index is 12.1. The topological polar surface area (TPSA) is 54.5 Å². The van der Waals surface area contributed by atoms with Gasteiger partial charge in [-0.05, 0) is 19.4 Å². The van der Waals surface area contributed by atoms with Crippen LogP contribution in [0.4, 0.5) is 0 Å². The molecule has 0 bridgehead atoms. The van der Waals surface area contributed by atoms with E-state index in [0.717, 1.165) is 5.56 Å². The number of benzene rings is 1. The summed E-state index contributed by atoms with van der Waals surface area (Å²) in [5, 5.41) is 0. The molecule has 5 heteroatoms. The van der Waals surface area contributed by atoms with Crippen molar-refractivity contribution in [1.82, 2.24) is 4.90 Å². The number of hydrogen-bond donors (Lipinski definition) is 0. The van der Waals surface area contributed by atoms with Crippen molar-refractivity contribution in [3.8, 4) is 0 Å². The SMILES string of the molecule is Cc1ccc(/C=C/CC(=O)N2CCS(=O)(=O)CC2C)cc1. The lowest BCUT2D eigenvalue weighted by atomic mass is 10.1. The number of sulfone groups is 1. The summed E-state index contributed by atoms with van der Waals surface area (Å²) in [6.45, 7) is 4.13. The second kappa shape index (κ2) is 6.43. The van der Waals surface area contributed by atoms with Gasteiger partial charge in [-0.2, -0.15) is 0 Å². The van der Waals surface area contributed by atoms with Crippen LogP contribution in [0.3, 0.4) is 0 Å². The summed E-state index contributed by atoms with van der Waals surface area (Å²) in [7, 11) is -2.98. The van der Waals surface area contributed by atoms with E-state index >= 15 is 0 Å². The van der Waals surface area contributed by atoms with Crippen LogP contribution in [-0.2, 0) is 14.6 Å². The summed E-state index contributed by atoms with van der Waals surface area (Å²) in [6.07, 6.45) is 4.06. The Labute approximate surface area is 126 Å². The summed E-state index contributed by atoms with van der Waals surface area (Å²) in [4.78, 5) is 13.8. The van der Waals surface area contributed by atoms with Crippen molar-refractivity contribution < 1.29 is 13.2 Å². The van der Waals surface area contributed by atoms with Gasteiger partial charge in [0.25, 0.3) is 0 Å². The van der Waals surface area contributed by atoms with Crippen LogP contribution in [0.5, 0.6) is 0 Å². The minimum Gasteiger partial charge on any atom is -0.338 e. The van der Waals surface area contributed by atoms with Gasteiger partial charge in [0.15, 0.2) is 9.84 Å². The fourth-order valence-electron chi connectivity index (χ4n) is 2.46. The molecule has 1 fully saturated rings. The number of amides is 1. The molecule has 1 atom stereocenters. The normalized spacial score (nSPS) is 21.6. The van der Waals surface area contributed by atoms with E-state index in [4.69, 9.17) is 0 Å². The standard InChI is InChI=1S/C16H21NO3S/c1-13-6-8-15(9-7-13)4-3-5-16(18)17-10-11-21(19,20)12-14(17)2/h3-4,6-9,14H,5,10-12H2,1-2H3/b4-3+. The number of hydrogen-bond acceptors (Lipinski definition) is 3. The van der Waals surface area contributed by atoms with Gasteiger partial charge in [0, 0.05) is 19.0 Å². The highest BCUT2D eigenvalue weighted by Gasteiger charge is 2.30. The Bertz CT molecular complexity index is 632. The van der Waals surface area contributed by atoms with Crippen molar-refractivity contribution in [3.05, 3.63) is 41.5 Å². The zero-order chi connectivity index (χ0) is 15.5. The Kier molecular flexibility index (Phi) is 4.83. The van der Waals surface area contributed by atoms with E-state index in [1.54, 1.807) is 11.8 Å². The van der Waals surface area contributed by atoms with E-state index in [-0.39, 0.29) is 23.5 Å². The fourth-order valence-corrected chi connectivity index (χ4v) is 4.02. The van der Waals surface area contributed by atoms with E-state index in [0.29, 0.717) is 13.0 Å². The van der Waals surface area contributed by atoms with Crippen molar-refractivity contribution in [2.75, 3.05) is 18.1 Å². The first kappa shape index (κ1) is 15.8. The quantitative estimate of drug-likeness (QED) is 0.859. The summed E-state index contributed by atoms with van der Waals surface area (Å²) in [6, 6.07) is 7.83. The molecule has 114 valence electrons. The van der Waals surface area contributed by atoms with E-state index in [1.165, 1.54) is 5.56 Å². The number of carbonyl (C=O) groups excluding carboxylic acids is 1. The first-order valence-corrected chi connectivity index (χ1v) is 8.92. The first-order valence-electron chi connectivity index (χ1n) is 7.10.